The molecule has 1 unspecified atom stereocenters. The lowest BCUT2D eigenvalue weighted by Gasteiger charge is -2.07. The first-order chi connectivity index (χ1) is 7.17. The van der Waals surface area contributed by atoms with Gasteiger partial charge in [0.05, 0.1) is 7.11 Å². The Balaban J connectivity index is 2.67. The molecular weight excluding hydrogens is 194 g/mol. The average Bonchev–Trinajstić information content (AvgIpc) is 2.26. The van der Waals surface area contributed by atoms with Crippen molar-refractivity contribution in [3.8, 4) is 5.75 Å². The Morgan fingerprint density at radius 3 is 2.40 bits per heavy atom. The highest BCUT2D eigenvalue weighted by molar-refractivity contribution is 5.27. The third-order valence-corrected chi connectivity index (χ3v) is 2.40. The number of hydrogen-bond acceptors (Lipinski definition) is 3. The molecule has 1 aromatic rings. The summed E-state index contributed by atoms with van der Waals surface area (Å²) in [6, 6.07) is 6.89. The summed E-state index contributed by atoms with van der Waals surface area (Å²) in [6.07, 6.45) is 1.03. The molecule has 1 aromatic carbocycles. The molecule has 0 saturated heterocycles. The molecule has 0 spiro atoms. The molecule has 82 valence electrons. The summed E-state index contributed by atoms with van der Waals surface area (Å²) >= 11 is 0. The van der Waals surface area contributed by atoms with E-state index in [0.29, 0.717) is 12.8 Å². The van der Waals surface area contributed by atoms with Gasteiger partial charge in [0, 0.05) is 17.8 Å². The third-order valence-electron chi connectivity index (χ3n) is 2.40. The van der Waals surface area contributed by atoms with Crippen molar-refractivity contribution >= 4 is 0 Å². The second-order valence-electron chi connectivity index (χ2n) is 3.40. The SMILES string of the molecule is CCC(Cc1ccc(OC)cc1)[N+](=O)[O-]. The van der Waals surface area contributed by atoms with Crippen LogP contribution in [0, 0.1) is 10.1 Å². The van der Waals surface area contributed by atoms with Gasteiger partial charge in [0.25, 0.3) is 0 Å². The van der Waals surface area contributed by atoms with E-state index in [4.69, 9.17) is 4.74 Å². The number of methoxy groups -OCH3 is 1. The molecule has 0 aliphatic carbocycles. The Bertz CT molecular complexity index is 321. The van der Waals surface area contributed by atoms with Gasteiger partial charge in [-0.15, -0.1) is 0 Å². The minimum atomic E-state index is -0.488. The molecule has 15 heavy (non-hydrogen) atoms. The standard InChI is InChI=1S/C11H15NO3/c1-3-10(12(13)14)8-9-4-6-11(15-2)7-5-9/h4-7,10H,3,8H2,1-2H3. The lowest BCUT2D eigenvalue weighted by molar-refractivity contribution is -0.522. The van der Waals surface area contributed by atoms with Crippen LogP contribution < -0.4 is 4.74 Å². The van der Waals surface area contributed by atoms with Crippen molar-refractivity contribution in [3.63, 3.8) is 0 Å². The van der Waals surface area contributed by atoms with Gasteiger partial charge in [0.15, 0.2) is 0 Å². The van der Waals surface area contributed by atoms with Gasteiger partial charge in [-0.1, -0.05) is 19.1 Å². The zero-order chi connectivity index (χ0) is 11.3. The fourth-order valence-corrected chi connectivity index (χ4v) is 1.40. The molecule has 0 saturated carbocycles. The minimum Gasteiger partial charge on any atom is -0.497 e. The van der Waals surface area contributed by atoms with Crippen LogP contribution in [0.25, 0.3) is 0 Å². The van der Waals surface area contributed by atoms with E-state index in [1.54, 1.807) is 7.11 Å². The summed E-state index contributed by atoms with van der Waals surface area (Å²) in [5, 5.41) is 10.6. The second-order valence-corrected chi connectivity index (χ2v) is 3.40. The Morgan fingerprint density at radius 1 is 1.40 bits per heavy atom. The predicted octanol–water partition coefficient (Wildman–Crippen LogP) is 2.29. The van der Waals surface area contributed by atoms with Gasteiger partial charge in [-0.2, -0.15) is 0 Å². The van der Waals surface area contributed by atoms with E-state index in [1.807, 2.05) is 31.2 Å². The van der Waals surface area contributed by atoms with Gasteiger partial charge < -0.3 is 4.74 Å². The molecule has 0 heterocycles. The van der Waals surface area contributed by atoms with Crippen LogP contribution in [0.4, 0.5) is 0 Å². The monoisotopic (exact) mass is 209 g/mol. The minimum absolute atomic E-state index is 0.218. The van der Waals surface area contributed by atoms with Gasteiger partial charge >= 0.3 is 0 Å². The molecule has 1 atom stereocenters. The average molecular weight is 209 g/mol. The van der Waals surface area contributed by atoms with Crippen LogP contribution in [0.5, 0.6) is 5.75 Å². The quantitative estimate of drug-likeness (QED) is 0.552. The van der Waals surface area contributed by atoms with E-state index in [2.05, 4.69) is 0 Å². The summed E-state index contributed by atoms with van der Waals surface area (Å²) in [4.78, 5) is 10.4. The number of nitrogens with zero attached hydrogens (tertiary/aromatic N) is 1. The van der Waals surface area contributed by atoms with Crippen LogP contribution in [0.15, 0.2) is 24.3 Å². The molecule has 4 heteroatoms. The Hall–Kier alpha value is -1.58. The molecule has 0 aliphatic heterocycles. The summed E-state index contributed by atoms with van der Waals surface area (Å²) < 4.78 is 5.01. The van der Waals surface area contributed by atoms with Gasteiger partial charge in [-0.25, -0.2) is 0 Å². The van der Waals surface area contributed by atoms with E-state index in [-0.39, 0.29) is 4.92 Å². The lowest BCUT2D eigenvalue weighted by Crippen LogP contribution is -2.20. The predicted molar refractivity (Wildman–Crippen MR) is 57.8 cm³/mol. The molecule has 0 fully saturated rings. The van der Waals surface area contributed by atoms with Crippen LogP contribution in [-0.4, -0.2) is 18.1 Å². The second kappa shape index (κ2) is 5.34. The number of nitro groups is 1. The van der Waals surface area contributed by atoms with Crippen molar-refractivity contribution in [1.82, 2.24) is 0 Å². The van der Waals surface area contributed by atoms with E-state index < -0.39 is 6.04 Å². The molecule has 0 aliphatic rings. The molecular formula is C11H15NO3. The van der Waals surface area contributed by atoms with E-state index in [1.165, 1.54) is 0 Å². The van der Waals surface area contributed by atoms with Crippen molar-refractivity contribution in [2.75, 3.05) is 7.11 Å². The Labute approximate surface area is 89.0 Å². The van der Waals surface area contributed by atoms with Gasteiger partial charge in [0.2, 0.25) is 6.04 Å². The van der Waals surface area contributed by atoms with Gasteiger partial charge in [0.1, 0.15) is 5.75 Å². The van der Waals surface area contributed by atoms with Crippen LogP contribution in [0.1, 0.15) is 18.9 Å². The molecule has 4 nitrogen and oxygen atoms in total. The Kier molecular flexibility index (Phi) is 4.09. The fraction of sp³-hybridized carbons (Fsp3) is 0.455. The molecule has 0 amide bonds. The zero-order valence-electron chi connectivity index (χ0n) is 8.97. The number of rotatable bonds is 5. The Morgan fingerprint density at radius 2 is 2.00 bits per heavy atom. The van der Waals surface area contributed by atoms with Crippen LogP contribution in [0.2, 0.25) is 0 Å². The maximum Gasteiger partial charge on any atom is 0.216 e. The highest BCUT2D eigenvalue weighted by Gasteiger charge is 2.17. The van der Waals surface area contributed by atoms with Crippen molar-refractivity contribution < 1.29 is 9.66 Å². The van der Waals surface area contributed by atoms with Crippen LogP contribution >= 0.6 is 0 Å². The summed E-state index contributed by atoms with van der Waals surface area (Å²) in [5.41, 5.74) is 0.972. The van der Waals surface area contributed by atoms with Crippen LogP contribution in [0.3, 0.4) is 0 Å². The van der Waals surface area contributed by atoms with Crippen molar-refractivity contribution in [2.24, 2.45) is 0 Å². The largest absolute Gasteiger partial charge is 0.497 e. The topological polar surface area (TPSA) is 52.4 Å². The molecule has 1 rings (SSSR count). The van der Waals surface area contributed by atoms with Gasteiger partial charge in [-0.3, -0.25) is 10.1 Å². The summed E-state index contributed by atoms with van der Waals surface area (Å²) in [6.45, 7) is 1.83. The summed E-state index contributed by atoms with van der Waals surface area (Å²) in [5.74, 6) is 0.771. The van der Waals surface area contributed by atoms with E-state index in [9.17, 15) is 10.1 Å². The van der Waals surface area contributed by atoms with Gasteiger partial charge in [-0.05, 0) is 17.7 Å². The molecule has 0 aromatic heterocycles. The summed E-state index contributed by atoms with van der Waals surface area (Å²) in [7, 11) is 1.60. The third kappa shape index (κ3) is 3.23. The molecule has 0 radical (unpaired) electrons. The van der Waals surface area contributed by atoms with E-state index in [0.717, 1.165) is 11.3 Å². The van der Waals surface area contributed by atoms with Crippen molar-refractivity contribution in [1.29, 1.82) is 0 Å². The van der Waals surface area contributed by atoms with Crippen LogP contribution in [-0.2, 0) is 6.42 Å². The molecule has 0 bridgehead atoms. The highest BCUT2D eigenvalue weighted by Crippen LogP contribution is 2.14. The lowest BCUT2D eigenvalue weighted by atomic mass is 10.0. The highest BCUT2D eigenvalue weighted by atomic mass is 16.6. The normalized spacial score (nSPS) is 12.1. The first kappa shape index (κ1) is 11.5. The maximum atomic E-state index is 10.6. The van der Waals surface area contributed by atoms with Crippen molar-refractivity contribution in [3.05, 3.63) is 39.9 Å². The number of hydrogen-bond donors (Lipinski definition) is 0. The number of ether oxygens (including phenoxy) is 1. The number of benzene rings is 1. The fourth-order valence-electron chi connectivity index (χ4n) is 1.40. The first-order valence-electron chi connectivity index (χ1n) is 4.93. The molecule has 0 N–H and O–H groups in total. The smallest absolute Gasteiger partial charge is 0.216 e. The van der Waals surface area contributed by atoms with Crippen molar-refractivity contribution in [2.45, 2.75) is 25.8 Å². The zero-order valence-corrected chi connectivity index (χ0v) is 8.97. The van der Waals surface area contributed by atoms with E-state index >= 15 is 0 Å². The first-order valence-corrected chi connectivity index (χ1v) is 4.93. The maximum absolute atomic E-state index is 10.6.